The van der Waals surface area contributed by atoms with Crippen molar-refractivity contribution >= 4 is 23.1 Å². The minimum absolute atomic E-state index is 0. The van der Waals surface area contributed by atoms with Gasteiger partial charge in [0.2, 0.25) is 0 Å². The van der Waals surface area contributed by atoms with Crippen molar-refractivity contribution in [3.8, 4) is 6.07 Å². The van der Waals surface area contributed by atoms with Crippen molar-refractivity contribution in [3.05, 3.63) is 29.6 Å². The fourth-order valence-electron chi connectivity index (χ4n) is 3.15. The van der Waals surface area contributed by atoms with E-state index in [1.807, 2.05) is 50.1 Å². The van der Waals surface area contributed by atoms with Crippen molar-refractivity contribution in [2.24, 2.45) is 0 Å². The monoisotopic (exact) mass is 499 g/mol. The van der Waals surface area contributed by atoms with Crippen molar-refractivity contribution in [2.75, 3.05) is 13.6 Å². The minimum atomic E-state index is -0.351. The molecule has 2 atom stereocenters. The molecule has 3 rings (SSSR count). The number of fused-ring (bicyclic) bond motifs is 1. The largest absolute Gasteiger partial charge is 0.406 e. The summed E-state index contributed by atoms with van der Waals surface area (Å²) in [5.74, 6) is 0.565. The Kier molecular flexibility index (Phi) is 7.11. The zero-order valence-corrected chi connectivity index (χ0v) is 17.1. The van der Waals surface area contributed by atoms with Gasteiger partial charge in [0, 0.05) is 37.9 Å². The predicted octanol–water partition coefficient (Wildman–Crippen LogP) is 3.16. The first-order valence-corrected chi connectivity index (χ1v) is 7.81. The molecule has 1 aromatic heterocycles. The number of hydrogen-bond acceptors (Lipinski definition) is 4. The van der Waals surface area contributed by atoms with Gasteiger partial charge in [0.05, 0.1) is 17.6 Å². The van der Waals surface area contributed by atoms with Crippen LogP contribution in [0.2, 0.25) is 0 Å². The molecule has 0 spiro atoms. The molecule has 2 heterocycles. The second-order valence-corrected chi connectivity index (χ2v) is 5.75. The number of aromatic nitrogens is 2. The Bertz CT molecular complexity index is 738. The van der Waals surface area contributed by atoms with E-state index in [0.29, 0.717) is 25.2 Å². The Hall–Kier alpha value is -1.73. The summed E-state index contributed by atoms with van der Waals surface area (Å²) in [7, 11) is 1.93. The van der Waals surface area contributed by atoms with Gasteiger partial charge in [-0.15, -0.1) is 0 Å². The van der Waals surface area contributed by atoms with Crippen LogP contribution in [0.1, 0.15) is 27.2 Å². The normalized spacial score (nSPS) is 22.9. The number of carbonyl (C=O) groups is 1. The zero-order chi connectivity index (χ0) is 17.0. The summed E-state index contributed by atoms with van der Waals surface area (Å²) in [6.45, 7) is 6.75. The van der Waals surface area contributed by atoms with E-state index in [1.54, 1.807) is 4.68 Å². The maximum Gasteiger partial charge on any atom is 0.133 e. The standard InChI is InChI=1S/C15H17N5O.C2H6.Re/c1-15(7-11(8-16)19(2)9-15)20-14(17-10-21)12-5-3-4-6-13(12)18-20;1-2;/h3-6,10-11H,7,9H2,1-2H3,(H,17,18,21);1-2H3;/p-1. The van der Waals surface area contributed by atoms with Crippen molar-refractivity contribution < 1.29 is 25.2 Å². The van der Waals surface area contributed by atoms with Gasteiger partial charge >= 0.3 is 0 Å². The maximum atomic E-state index is 10.9. The van der Waals surface area contributed by atoms with Gasteiger partial charge in [-0.2, -0.15) is 5.26 Å². The van der Waals surface area contributed by atoms with Gasteiger partial charge in [-0.05, 0) is 25.4 Å². The van der Waals surface area contributed by atoms with Crippen LogP contribution in [0.3, 0.4) is 0 Å². The molecule has 24 heavy (non-hydrogen) atoms. The summed E-state index contributed by atoms with van der Waals surface area (Å²) >= 11 is 0. The fraction of sp³-hybridized carbons (Fsp3) is 0.471. The number of hydrogen-bond donors (Lipinski definition) is 0. The van der Waals surface area contributed by atoms with E-state index in [1.165, 1.54) is 0 Å². The molecule has 0 N–H and O–H groups in total. The van der Waals surface area contributed by atoms with Crippen LogP contribution in [0.5, 0.6) is 0 Å². The number of nitriles is 1. The van der Waals surface area contributed by atoms with E-state index in [9.17, 15) is 10.1 Å². The second kappa shape index (κ2) is 8.39. The number of likely N-dealkylation sites (N-methyl/N-ethyl adjacent to an activating group) is 1. The molecule has 7 heteroatoms. The second-order valence-electron chi connectivity index (χ2n) is 5.75. The third-order valence-electron chi connectivity index (χ3n) is 4.14. The zero-order valence-electron chi connectivity index (χ0n) is 14.4. The SMILES string of the molecule is CC.CN1CC(C)(n2nc3ccccc3c2[N-]C=O)CC1C#N.[Re]. The number of benzene rings is 1. The maximum absolute atomic E-state index is 10.9. The van der Waals surface area contributed by atoms with Crippen LogP contribution in [-0.4, -0.2) is 40.7 Å². The number of rotatable bonds is 3. The van der Waals surface area contributed by atoms with Crippen LogP contribution in [-0.2, 0) is 30.8 Å². The summed E-state index contributed by atoms with van der Waals surface area (Å²) in [6.07, 6.45) is 1.21. The number of amides is 1. The average molecular weight is 499 g/mol. The summed E-state index contributed by atoms with van der Waals surface area (Å²) in [5, 5.41) is 18.7. The smallest absolute Gasteiger partial charge is 0.133 e. The van der Waals surface area contributed by atoms with Gasteiger partial charge in [0.25, 0.3) is 0 Å². The molecule has 6 nitrogen and oxygen atoms in total. The summed E-state index contributed by atoms with van der Waals surface area (Å²) in [4.78, 5) is 12.9. The van der Waals surface area contributed by atoms with Crippen LogP contribution in [0, 0.1) is 11.3 Å². The number of likely N-dealkylation sites (tertiary alicyclic amines) is 1. The molecule has 129 valence electrons. The van der Waals surface area contributed by atoms with Crippen molar-refractivity contribution in [2.45, 2.75) is 38.8 Å². The van der Waals surface area contributed by atoms with Crippen molar-refractivity contribution in [3.63, 3.8) is 0 Å². The molecule has 1 fully saturated rings. The van der Waals surface area contributed by atoms with Crippen molar-refractivity contribution in [1.82, 2.24) is 14.7 Å². The van der Waals surface area contributed by atoms with Crippen LogP contribution in [0.15, 0.2) is 24.3 Å². The fourth-order valence-corrected chi connectivity index (χ4v) is 3.15. The van der Waals surface area contributed by atoms with Gasteiger partial charge in [0.15, 0.2) is 0 Å². The van der Waals surface area contributed by atoms with Gasteiger partial charge in [-0.25, -0.2) is 0 Å². The predicted molar refractivity (Wildman–Crippen MR) is 90.5 cm³/mol. The van der Waals surface area contributed by atoms with E-state index in [0.717, 1.165) is 10.9 Å². The molecule has 1 saturated heterocycles. The summed E-state index contributed by atoms with van der Waals surface area (Å²) in [5.41, 5.74) is 0.457. The molecule has 0 bridgehead atoms. The first-order valence-electron chi connectivity index (χ1n) is 7.81. The Morgan fingerprint density at radius 3 is 2.67 bits per heavy atom. The molecule has 2 aromatic rings. The first-order chi connectivity index (χ1) is 11.1. The molecule has 1 aliphatic heterocycles. The number of carbonyl (C=O) groups excluding carboxylic acids is 1. The molecule has 0 saturated carbocycles. The van der Waals surface area contributed by atoms with Gasteiger partial charge in [-0.1, -0.05) is 39.0 Å². The van der Waals surface area contributed by atoms with Gasteiger partial charge in [-0.3, -0.25) is 10.00 Å². The third-order valence-corrected chi connectivity index (χ3v) is 4.14. The molecule has 1 radical (unpaired) electrons. The van der Waals surface area contributed by atoms with E-state index in [4.69, 9.17) is 0 Å². The van der Waals surface area contributed by atoms with E-state index in [-0.39, 0.29) is 32.0 Å². The van der Waals surface area contributed by atoms with E-state index >= 15 is 0 Å². The molecule has 0 aliphatic carbocycles. The van der Waals surface area contributed by atoms with Gasteiger partial charge < -0.3 is 14.8 Å². The Labute approximate surface area is 156 Å². The Morgan fingerprint density at radius 1 is 1.42 bits per heavy atom. The van der Waals surface area contributed by atoms with Crippen LogP contribution in [0.25, 0.3) is 16.2 Å². The number of nitrogens with zero attached hydrogens (tertiary/aromatic N) is 5. The topological polar surface area (TPSA) is 76.0 Å². The molecule has 2 unspecified atom stereocenters. The van der Waals surface area contributed by atoms with Crippen LogP contribution >= 0.6 is 0 Å². The average Bonchev–Trinajstić information content (AvgIpc) is 3.08. The van der Waals surface area contributed by atoms with Crippen molar-refractivity contribution in [1.29, 1.82) is 5.26 Å². The summed E-state index contributed by atoms with van der Waals surface area (Å²) in [6, 6.07) is 9.78. The molecule has 1 aromatic carbocycles. The van der Waals surface area contributed by atoms with E-state index < -0.39 is 0 Å². The Morgan fingerprint density at radius 2 is 2.08 bits per heavy atom. The van der Waals surface area contributed by atoms with E-state index in [2.05, 4.69) is 23.4 Å². The Balaban J connectivity index is 0.000000925. The first kappa shape index (κ1) is 20.3. The van der Waals surface area contributed by atoms with Crippen LogP contribution in [0.4, 0.5) is 5.82 Å². The quantitative estimate of drug-likeness (QED) is 0.610. The van der Waals surface area contributed by atoms with Crippen LogP contribution < -0.4 is 0 Å². The molecular weight excluding hydrogens is 476 g/mol. The molecule has 1 amide bonds. The molecule has 1 aliphatic rings. The minimum Gasteiger partial charge on any atom is -0.406 e. The third kappa shape index (κ3) is 3.52. The summed E-state index contributed by atoms with van der Waals surface area (Å²) < 4.78 is 1.81. The molecular formula is C17H22N5ORe-. The van der Waals surface area contributed by atoms with Gasteiger partial charge in [0.1, 0.15) is 6.41 Å².